The minimum absolute atomic E-state index is 0.530. The lowest BCUT2D eigenvalue weighted by molar-refractivity contribution is 0.265. The highest BCUT2D eigenvalue weighted by Gasteiger charge is 2.00. The smallest absolute Gasteiger partial charge is 0.119 e. The zero-order valence-corrected chi connectivity index (χ0v) is 10.2. The van der Waals surface area contributed by atoms with Gasteiger partial charge in [0.25, 0.3) is 0 Å². The molecule has 2 aromatic carbocycles. The van der Waals surface area contributed by atoms with Crippen LogP contribution < -0.4 is 0 Å². The van der Waals surface area contributed by atoms with Crippen LogP contribution in [-0.2, 0) is 11.3 Å². The van der Waals surface area contributed by atoms with Crippen molar-refractivity contribution in [2.45, 2.75) is 6.61 Å². The Morgan fingerprint density at radius 3 is 2.29 bits per heavy atom. The molecule has 86 valence electrons. The average Bonchev–Trinajstić information content (AvgIpc) is 2.38. The van der Waals surface area contributed by atoms with Gasteiger partial charge in [0.15, 0.2) is 0 Å². The van der Waals surface area contributed by atoms with E-state index in [-0.39, 0.29) is 0 Å². The SMILES string of the molecule is C=C(OCc1ccccc1)c1ccc(Cl)cc1. The molecule has 1 nitrogen and oxygen atoms in total. The summed E-state index contributed by atoms with van der Waals surface area (Å²) in [5, 5.41) is 0.713. The van der Waals surface area contributed by atoms with Crippen LogP contribution in [0.25, 0.3) is 5.76 Å². The van der Waals surface area contributed by atoms with Crippen molar-refractivity contribution >= 4 is 17.4 Å². The van der Waals surface area contributed by atoms with Gasteiger partial charge in [-0.05, 0) is 29.8 Å². The molecule has 0 aliphatic carbocycles. The summed E-state index contributed by atoms with van der Waals surface area (Å²) in [6.07, 6.45) is 0. The second-order valence-electron chi connectivity index (χ2n) is 3.70. The molecular formula is C15H13ClO. The summed E-state index contributed by atoms with van der Waals surface area (Å²) in [6.45, 7) is 4.43. The lowest BCUT2D eigenvalue weighted by Gasteiger charge is -2.09. The van der Waals surface area contributed by atoms with Crippen LogP contribution in [0.5, 0.6) is 0 Å². The molecule has 0 saturated heterocycles. The van der Waals surface area contributed by atoms with Gasteiger partial charge in [-0.2, -0.15) is 0 Å². The van der Waals surface area contributed by atoms with Crippen LogP contribution in [0.15, 0.2) is 61.2 Å². The molecule has 0 unspecified atom stereocenters. The Hall–Kier alpha value is -1.73. The van der Waals surface area contributed by atoms with E-state index in [1.807, 2.05) is 54.6 Å². The number of ether oxygens (including phenoxy) is 1. The van der Waals surface area contributed by atoms with Gasteiger partial charge >= 0.3 is 0 Å². The standard InChI is InChI=1S/C15H13ClO/c1-12(14-7-9-15(16)10-8-14)17-11-13-5-3-2-4-6-13/h2-10H,1,11H2. The molecule has 0 fully saturated rings. The maximum absolute atomic E-state index is 5.82. The van der Waals surface area contributed by atoms with Crippen molar-refractivity contribution in [2.75, 3.05) is 0 Å². The van der Waals surface area contributed by atoms with E-state index in [0.717, 1.165) is 11.1 Å². The van der Waals surface area contributed by atoms with Crippen LogP contribution in [0.1, 0.15) is 11.1 Å². The molecule has 2 rings (SSSR count). The maximum atomic E-state index is 5.82. The fourth-order valence-electron chi connectivity index (χ4n) is 1.46. The number of halogens is 1. The summed E-state index contributed by atoms with van der Waals surface area (Å²) in [5.41, 5.74) is 2.08. The normalized spacial score (nSPS) is 9.94. The Labute approximate surface area is 106 Å². The van der Waals surface area contributed by atoms with Gasteiger partial charge in [-0.15, -0.1) is 0 Å². The molecule has 2 heteroatoms. The molecule has 0 atom stereocenters. The van der Waals surface area contributed by atoms with Gasteiger partial charge in [-0.3, -0.25) is 0 Å². The van der Waals surface area contributed by atoms with Crippen LogP contribution in [0.3, 0.4) is 0 Å². The Morgan fingerprint density at radius 2 is 1.65 bits per heavy atom. The van der Waals surface area contributed by atoms with E-state index in [1.54, 1.807) is 0 Å². The minimum Gasteiger partial charge on any atom is -0.489 e. The summed E-state index contributed by atoms with van der Waals surface area (Å²) >= 11 is 5.82. The summed E-state index contributed by atoms with van der Waals surface area (Å²) < 4.78 is 5.62. The molecule has 0 amide bonds. The fraction of sp³-hybridized carbons (Fsp3) is 0.0667. The van der Waals surface area contributed by atoms with Gasteiger partial charge in [-0.1, -0.05) is 48.5 Å². The van der Waals surface area contributed by atoms with E-state index in [0.29, 0.717) is 17.4 Å². The zero-order chi connectivity index (χ0) is 12.1. The van der Waals surface area contributed by atoms with Crippen LogP contribution >= 0.6 is 11.6 Å². The molecule has 0 spiro atoms. The van der Waals surface area contributed by atoms with Gasteiger partial charge in [0.05, 0.1) is 0 Å². The van der Waals surface area contributed by atoms with Gasteiger partial charge in [0.2, 0.25) is 0 Å². The predicted octanol–water partition coefficient (Wildman–Crippen LogP) is 4.53. The first-order valence-corrected chi connectivity index (χ1v) is 5.75. The lowest BCUT2D eigenvalue weighted by Crippen LogP contribution is -1.92. The largest absolute Gasteiger partial charge is 0.489 e. The number of hydrogen-bond acceptors (Lipinski definition) is 1. The minimum atomic E-state index is 0.530. The summed E-state index contributed by atoms with van der Waals surface area (Å²) in [5.74, 6) is 0.658. The fourth-order valence-corrected chi connectivity index (χ4v) is 1.59. The Kier molecular flexibility index (Phi) is 3.84. The van der Waals surface area contributed by atoms with Gasteiger partial charge in [0, 0.05) is 10.6 Å². The number of benzene rings is 2. The van der Waals surface area contributed by atoms with Crippen LogP contribution in [0.4, 0.5) is 0 Å². The van der Waals surface area contributed by atoms with Crippen molar-refractivity contribution in [2.24, 2.45) is 0 Å². The Morgan fingerprint density at radius 1 is 1.00 bits per heavy atom. The number of rotatable bonds is 4. The molecule has 0 saturated carbocycles. The first kappa shape index (κ1) is 11.7. The summed E-state index contributed by atoms with van der Waals surface area (Å²) in [7, 11) is 0. The van der Waals surface area contributed by atoms with Crippen LogP contribution in [0, 0.1) is 0 Å². The molecule has 0 aromatic heterocycles. The van der Waals surface area contributed by atoms with E-state index < -0.39 is 0 Å². The van der Waals surface area contributed by atoms with E-state index >= 15 is 0 Å². The topological polar surface area (TPSA) is 9.23 Å². The molecule has 2 aromatic rings. The summed E-state index contributed by atoms with van der Waals surface area (Å²) in [6, 6.07) is 17.5. The second kappa shape index (κ2) is 5.55. The molecule has 0 aliphatic heterocycles. The predicted molar refractivity (Wildman–Crippen MR) is 71.7 cm³/mol. The summed E-state index contributed by atoms with van der Waals surface area (Å²) in [4.78, 5) is 0. The first-order chi connectivity index (χ1) is 8.25. The first-order valence-electron chi connectivity index (χ1n) is 5.37. The van der Waals surface area contributed by atoms with Crippen LogP contribution in [0.2, 0.25) is 5.02 Å². The highest BCUT2D eigenvalue weighted by atomic mass is 35.5. The number of hydrogen-bond donors (Lipinski definition) is 0. The van der Waals surface area contributed by atoms with E-state index in [1.165, 1.54) is 0 Å². The molecule has 17 heavy (non-hydrogen) atoms. The van der Waals surface area contributed by atoms with E-state index in [4.69, 9.17) is 16.3 Å². The van der Waals surface area contributed by atoms with Crippen molar-refractivity contribution in [1.29, 1.82) is 0 Å². The molecule has 0 bridgehead atoms. The Bertz CT molecular complexity index is 488. The quantitative estimate of drug-likeness (QED) is 0.718. The van der Waals surface area contributed by atoms with Gasteiger partial charge in [-0.25, -0.2) is 0 Å². The van der Waals surface area contributed by atoms with Crippen molar-refractivity contribution in [3.05, 3.63) is 77.3 Å². The van der Waals surface area contributed by atoms with Crippen molar-refractivity contribution < 1.29 is 4.74 Å². The van der Waals surface area contributed by atoms with Crippen LogP contribution in [-0.4, -0.2) is 0 Å². The monoisotopic (exact) mass is 244 g/mol. The molecular weight excluding hydrogens is 232 g/mol. The zero-order valence-electron chi connectivity index (χ0n) is 9.40. The third-order valence-corrected chi connectivity index (χ3v) is 2.67. The molecule has 0 radical (unpaired) electrons. The molecule has 0 heterocycles. The highest BCUT2D eigenvalue weighted by molar-refractivity contribution is 6.30. The van der Waals surface area contributed by atoms with E-state index in [2.05, 4.69) is 6.58 Å². The van der Waals surface area contributed by atoms with Gasteiger partial charge < -0.3 is 4.74 Å². The third-order valence-electron chi connectivity index (χ3n) is 2.42. The molecule has 0 aliphatic rings. The second-order valence-corrected chi connectivity index (χ2v) is 4.14. The van der Waals surface area contributed by atoms with Crippen molar-refractivity contribution in [3.8, 4) is 0 Å². The maximum Gasteiger partial charge on any atom is 0.119 e. The average molecular weight is 245 g/mol. The highest BCUT2D eigenvalue weighted by Crippen LogP contribution is 2.18. The third kappa shape index (κ3) is 3.36. The van der Waals surface area contributed by atoms with E-state index in [9.17, 15) is 0 Å². The Balaban J connectivity index is 1.96. The molecule has 0 N–H and O–H groups in total. The lowest BCUT2D eigenvalue weighted by atomic mass is 10.2. The van der Waals surface area contributed by atoms with Gasteiger partial charge in [0.1, 0.15) is 12.4 Å². The van der Waals surface area contributed by atoms with Crippen molar-refractivity contribution in [1.82, 2.24) is 0 Å². The van der Waals surface area contributed by atoms with Crippen molar-refractivity contribution in [3.63, 3.8) is 0 Å².